The number of carbonyl (C=O) groups excluding carboxylic acids is 2. The molecule has 1 aromatic heterocycles. The minimum atomic E-state index is -0.479. The van der Waals surface area contributed by atoms with Crippen LogP contribution in [0.2, 0.25) is 0 Å². The summed E-state index contributed by atoms with van der Waals surface area (Å²) in [6.07, 6.45) is 0. The molecule has 0 radical (unpaired) electrons. The first-order valence-corrected chi connectivity index (χ1v) is 8.33. The van der Waals surface area contributed by atoms with Crippen LogP contribution in [0.4, 0.5) is 0 Å². The van der Waals surface area contributed by atoms with Crippen LogP contribution in [0.25, 0.3) is 11.1 Å². The summed E-state index contributed by atoms with van der Waals surface area (Å²) in [5.74, 6) is -0.610. The third kappa shape index (κ3) is 3.52. The number of carbonyl (C=O) groups is 2. The highest BCUT2D eigenvalue weighted by molar-refractivity contribution is 7.12. The first-order valence-electron chi connectivity index (χ1n) is 7.45. The number of primary amides is 1. The maximum atomic E-state index is 12.5. The van der Waals surface area contributed by atoms with Crippen molar-refractivity contribution in [2.45, 2.75) is 6.54 Å². The minimum Gasteiger partial charge on any atom is -0.366 e. The van der Waals surface area contributed by atoms with E-state index < -0.39 is 5.91 Å². The molecule has 3 rings (SSSR count). The van der Waals surface area contributed by atoms with E-state index in [1.54, 1.807) is 18.2 Å². The summed E-state index contributed by atoms with van der Waals surface area (Å²) in [6.45, 7) is 0.339. The lowest BCUT2D eigenvalue weighted by Crippen LogP contribution is -2.22. The molecule has 120 valence electrons. The van der Waals surface area contributed by atoms with Gasteiger partial charge in [0, 0.05) is 17.7 Å². The van der Waals surface area contributed by atoms with E-state index in [4.69, 9.17) is 5.73 Å². The quantitative estimate of drug-likeness (QED) is 0.749. The normalized spacial score (nSPS) is 10.3. The molecule has 3 N–H and O–H groups in total. The molecule has 3 aromatic rings. The van der Waals surface area contributed by atoms with E-state index in [0.717, 1.165) is 16.7 Å². The lowest BCUT2D eigenvalue weighted by molar-refractivity contribution is 0.0954. The molecule has 0 atom stereocenters. The van der Waals surface area contributed by atoms with Crippen molar-refractivity contribution in [1.29, 1.82) is 0 Å². The average Bonchev–Trinajstić information content (AvgIpc) is 3.10. The molecule has 4 nitrogen and oxygen atoms in total. The van der Waals surface area contributed by atoms with Crippen LogP contribution in [0.1, 0.15) is 25.6 Å². The Morgan fingerprint density at radius 3 is 2.54 bits per heavy atom. The Hall–Kier alpha value is -2.92. The molecule has 0 bridgehead atoms. The summed E-state index contributed by atoms with van der Waals surface area (Å²) in [4.78, 5) is 24.4. The van der Waals surface area contributed by atoms with Crippen molar-refractivity contribution in [3.63, 3.8) is 0 Å². The predicted molar refractivity (Wildman–Crippen MR) is 95.9 cm³/mol. The Balaban J connectivity index is 1.74. The van der Waals surface area contributed by atoms with Crippen molar-refractivity contribution >= 4 is 23.2 Å². The molecular weight excluding hydrogens is 320 g/mol. The molecule has 0 saturated heterocycles. The van der Waals surface area contributed by atoms with Crippen LogP contribution in [-0.4, -0.2) is 11.8 Å². The minimum absolute atomic E-state index is 0.131. The lowest BCUT2D eigenvalue weighted by Gasteiger charge is -2.07. The molecule has 2 amide bonds. The molecule has 0 unspecified atom stereocenters. The summed E-state index contributed by atoms with van der Waals surface area (Å²) in [5.41, 5.74) is 8.47. The van der Waals surface area contributed by atoms with E-state index in [0.29, 0.717) is 17.0 Å². The maximum Gasteiger partial charge on any atom is 0.262 e. The molecule has 5 heteroatoms. The second kappa shape index (κ2) is 7.10. The van der Waals surface area contributed by atoms with Crippen LogP contribution in [0.3, 0.4) is 0 Å². The zero-order valence-electron chi connectivity index (χ0n) is 12.9. The predicted octanol–water partition coefficient (Wildman–Crippen LogP) is 3.44. The number of amides is 2. The fourth-order valence-electron chi connectivity index (χ4n) is 2.43. The van der Waals surface area contributed by atoms with Crippen LogP contribution in [-0.2, 0) is 6.54 Å². The summed E-state index contributed by atoms with van der Waals surface area (Å²) in [5, 5.41) is 4.80. The molecule has 0 aliphatic rings. The first-order chi connectivity index (χ1) is 11.6. The summed E-state index contributed by atoms with van der Waals surface area (Å²) >= 11 is 1.41. The largest absolute Gasteiger partial charge is 0.366 e. The number of nitrogens with one attached hydrogen (secondary N) is 1. The molecule has 0 aliphatic carbocycles. The van der Waals surface area contributed by atoms with Gasteiger partial charge in [0.2, 0.25) is 5.91 Å². The third-order valence-corrected chi connectivity index (χ3v) is 4.53. The molecule has 1 heterocycles. The van der Waals surface area contributed by atoms with Gasteiger partial charge in [-0.15, -0.1) is 11.3 Å². The van der Waals surface area contributed by atoms with Gasteiger partial charge in [-0.3, -0.25) is 9.59 Å². The van der Waals surface area contributed by atoms with Crippen LogP contribution in [0, 0.1) is 0 Å². The van der Waals surface area contributed by atoms with Crippen molar-refractivity contribution in [3.8, 4) is 11.1 Å². The van der Waals surface area contributed by atoms with Gasteiger partial charge < -0.3 is 11.1 Å². The second-order valence-electron chi connectivity index (χ2n) is 5.28. The SMILES string of the molecule is NC(=O)c1cccc(CNC(=O)c2sccc2-c2ccccc2)c1. The second-order valence-corrected chi connectivity index (χ2v) is 6.19. The maximum absolute atomic E-state index is 12.5. The van der Waals surface area contributed by atoms with Crippen LogP contribution in [0.15, 0.2) is 66.0 Å². The van der Waals surface area contributed by atoms with Gasteiger partial charge in [-0.2, -0.15) is 0 Å². The Morgan fingerprint density at radius 2 is 1.79 bits per heavy atom. The van der Waals surface area contributed by atoms with Gasteiger partial charge >= 0.3 is 0 Å². The number of hydrogen-bond acceptors (Lipinski definition) is 3. The lowest BCUT2D eigenvalue weighted by atomic mass is 10.1. The van der Waals surface area contributed by atoms with Crippen molar-refractivity contribution in [2.75, 3.05) is 0 Å². The molecule has 0 fully saturated rings. The molecule has 0 saturated carbocycles. The monoisotopic (exact) mass is 336 g/mol. The van der Waals surface area contributed by atoms with Crippen molar-refractivity contribution in [2.24, 2.45) is 5.73 Å². The summed E-state index contributed by atoms with van der Waals surface area (Å²) in [6, 6.07) is 18.7. The highest BCUT2D eigenvalue weighted by Gasteiger charge is 2.14. The van der Waals surface area contributed by atoms with E-state index >= 15 is 0 Å². The standard InChI is InChI=1S/C19H16N2O2S/c20-18(22)15-8-4-5-13(11-15)12-21-19(23)17-16(9-10-24-17)14-6-2-1-3-7-14/h1-11H,12H2,(H2,20,22)(H,21,23). The molecular formula is C19H16N2O2S. The number of hydrogen-bond donors (Lipinski definition) is 2. The topological polar surface area (TPSA) is 72.2 Å². The average molecular weight is 336 g/mol. The first kappa shape index (κ1) is 16.0. The summed E-state index contributed by atoms with van der Waals surface area (Å²) < 4.78 is 0. The van der Waals surface area contributed by atoms with Gasteiger partial charge in [0.1, 0.15) is 0 Å². The van der Waals surface area contributed by atoms with E-state index in [1.165, 1.54) is 11.3 Å². The summed E-state index contributed by atoms with van der Waals surface area (Å²) in [7, 11) is 0. The Kier molecular flexibility index (Phi) is 4.72. The van der Waals surface area contributed by atoms with Gasteiger partial charge in [0.05, 0.1) is 4.88 Å². The molecule has 2 aromatic carbocycles. The van der Waals surface area contributed by atoms with Crippen molar-refractivity contribution in [1.82, 2.24) is 5.32 Å². The van der Waals surface area contributed by atoms with Crippen LogP contribution < -0.4 is 11.1 Å². The van der Waals surface area contributed by atoms with Gasteiger partial charge in [0.15, 0.2) is 0 Å². The fraction of sp³-hybridized carbons (Fsp3) is 0.0526. The zero-order valence-corrected chi connectivity index (χ0v) is 13.7. The Morgan fingerprint density at radius 1 is 1.00 bits per heavy atom. The Labute approximate surface area is 143 Å². The smallest absolute Gasteiger partial charge is 0.262 e. The molecule has 0 spiro atoms. The highest BCUT2D eigenvalue weighted by atomic mass is 32.1. The highest BCUT2D eigenvalue weighted by Crippen LogP contribution is 2.28. The van der Waals surface area contributed by atoms with E-state index in [1.807, 2.05) is 47.8 Å². The number of benzene rings is 2. The van der Waals surface area contributed by atoms with Gasteiger partial charge in [-0.1, -0.05) is 42.5 Å². The van der Waals surface area contributed by atoms with Gasteiger partial charge in [0.25, 0.3) is 5.91 Å². The van der Waals surface area contributed by atoms with Gasteiger partial charge in [-0.05, 0) is 34.7 Å². The van der Waals surface area contributed by atoms with Gasteiger partial charge in [-0.25, -0.2) is 0 Å². The third-order valence-electron chi connectivity index (χ3n) is 3.62. The van der Waals surface area contributed by atoms with Crippen molar-refractivity contribution < 1.29 is 9.59 Å². The van der Waals surface area contributed by atoms with Crippen LogP contribution >= 0.6 is 11.3 Å². The number of thiophene rings is 1. The number of nitrogens with two attached hydrogens (primary N) is 1. The zero-order chi connectivity index (χ0) is 16.9. The molecule has 0 aliphatic heterocycles. The van der Waals surface area contributed by atoms with E-state index in [9.17, 15) is 9.59 Å². The van der Waals surface area contributed by atoms with Crippen molar-refractivity contribution in [3.05, 3.63) is 82.0 Å². The van der Waals surface area contributed by atoms with E-state index in [2.05, 4.69) is 5.32 Å². The van der Waals surface area contributed by atoms with E-state index in [-0.39, 0.29) is 5.91 Å². The Bertz CT molecular complexity index is 872. The number of rotatable bonds is 5. The molecule has 24 heavy (non-hydrogen) atoms. The van der Waals surface area contributed by atoms with Crippen LogP contribution in [0.5, 0.6) is 0 Å². The fourth-order valence-corrected chi connectivity index (χ4v) is 3.26.